The molecule has 3 aromatic rings. The van der Waals surface area contributed by atoms with E-state index in [4.69, 9.17) is 9.84 Å². The van der Waals surface area contributed by atoms with Gasteiger partial charge in [0, 0.05) is 11.6 Å². The van der Waals surface area contributed by atoms with Crippen LogP contribution in [0.1, 0.15) is 21.5 Å². The molecule has 2 N–H and O–H groups in total. The number of hydrogen-bond donors (Lipinski definition) is 2. The lowest BCUT2D eigenvalue weighted by atomic mass is 10.0. The van der Waals surface area contributed by atoms with Crippen LogP contribution in [0.5, 0.6) is 17.2 Å². The molecule has 0 atom stereocenters. The molecule has 0 unspecified atom stereocenters. The van der Waals surface area contributed by atoms with Gasteiger partial charge in [-0.15, -0.1) is 0 Å². The third-order valence-electron chi connectivity index (χ3n) is 3.60. The molecule has 0 spiro atoms. The van der Waals surface area contributed by atoms with E-state index in [1.807, 2.05) is 31.2 Å². The zero-order chi connectivity index (χ0) is 18.2. The highest BCUT2D eigenvalue weighted by Gasteiger charge is 2.13. The van der Waals surface area contributed by atoms with Crippen LogP contribution < -0.4 is 4.74 Å². The largest absolute Gasteiger partial charge is 0.508 e. The van der Waals surface area contributed by atoms with Gasteiger partial charge >= 0.3 is 0 Å². The summed E-state index contributed by atoms with van der Waals surface area (Å²) in [5.41, 5.74) is 1.75. The number of aromatic hydroxyl groups is 2. The molecule has 0 bridgehead atoms. The van der Waals surface area contributed by atoms with Crippen molar-refractivity contribution in [2.75, 3.05) is 7.11 Å². The van der Waals surface area contributed by atoms with Gasteiger partial charge in [-0.05, 0) is 30.7 Å². The van der Waals surface area contributed by atoms with E-state index in [9.17, 15) is 9.90 Å². The monoisotopic (exact) mass is 336 g/mol. The maximum atomic E-state index is 12.1. The van der Waals surface area contributed by atoms with Crippen LogP contribution >= 0.6 is 0 Å². The number of rotatable bonds is 3. The van der Waals surface area contributed by atoms with Gasteiger partial charge in [-0.25, -0.2) is 0 Å². The summed E-state index contributed by atoms with van der Waals surface area (Å²) in [6.07, 6.45) is 0. The van der Waals surface area contributed by atoms with Crippen molar-refractivity contribution in [2.24, 2.45) is 0 Å². The fourth-order valence-electron chi connectivity index (χ4n) is 2.14. The number of aryl methyl sites for hydroxylation is 1. The molecule has 25 heavy (non-hydrogen) atoms. The van der Waals surface area contributed by atoms with Crippen molar-refractivity contribution < 1.29 is 19.7 Å². The second-order valence-corrected chi connectivity index (χ2v) is 5.36. The highest BCUT2D eigenvalue weighted by molar-refractivity contribution is 6.10. The van der Waals surface area contributed by atoms with Crippen LogP contribution in [0, 0.1) is 6.92 Å². The van der Waals surface area contributed by atoms with E-state index in [2.05, 4.69) is 0 Å². The third-order valence-corrected chi connectivity index (χ3v) is 3.60. The van der Waals surface area contributed by atoms with E-state index in [0.29, 0.717) is 17.1 Å². The molecule has 0 amide bonds. The third kappa shape index (κ3) is 4.85. The predicted molar refractivity (Wildman–Crippen MR) is 97.4 cm³/mol. The van der Waals surface area contributed by atoms with E-state index >= 15 is 0 Å². The molecular formula is C21H20O4. The topological polar surface area (TPSA) is 66.8 Å². The number of carbonyl (C=O) groups is 1. The van der Waals surface area contributed by atoms with Crippen LogP contribution in [-0.2, 0) is 0 Å². The summed E-state index contributed by atoms with van der Waals surface area (Å²) in [7, 11) is 1.51. The fraction of sp³-hybridized carbons (Fsp3) is 0.0952. The molecule has 3 rings (SSSR count). The van der Waals surface area contributed by atoms with Crippen molar-refractivity contribution >= 4 is 5.78 Å². The van der Waals surface area contributed by atoms with Gasteiger partial charge in [0.25, 0.3) is 0 Å². The summed E-state index contributed by atoms with van der Waals surface area (Å²) in [5.74, 6) is 0.614. The maximum Gasteiger partial charge on any atom is 0.196 e. The Morgan fingerprint density at radius 2 is 1.48 bits per heavy atom. The highest BCUT2D eigenvalue weighted by atomic mass is 16.5. The first-order chi connectivity index (χ1) is 12.0. The average molecular weight is 336 g/mol. The number of phenols is 2. The van der Waals surface area contributed by atoms with Crippen LogP contribution in [0.3, 0.4) is 0 Å². The van der Waals surface area contributed by atoms with Gasteiger partial charge in [-0.2, -0.15) is 0 Å². The van der Waals surface area contributed by atoms with E-state index in [-0.39, 0.29) is 17.1 Å². The minimum Gasteiger partial charge on any atom is -0.508 e. The Labute approximate surface area is 147 Å². The molecule has 0 fully saturated rings. The SMILES string of the molecule is COc1ccc(C(=O)c2ccccc2)c(O)c1.Cc1ccccc1O. The van der Waals surface area contributed by atoms with Crippen molar-refractivity contribution in [2.45, 2.75) is 6.92 Å². The number of benzene rings is 3. The molecule has 0 aliphatic carbocycles. The van der Waals surface area contributed by atoms with Crippen molar-refractivity contribution in [3.63, 3.8) is 0 Å². The zero-order valence-corrected chi connectivity index (χ0v) is 14.1. The van der Waals surface area contributed by atoms with Gasteiger partial charge in [-0.3, -0.25) is 4.79 Å². The number of ketones is 1. The van der Waals surface area contributed by atoms with Crippen LogP contribution in [0.4, 0.5) is 0 Å². The van der Waals surface area contributed by atoms with Gasteiger partial charge in [0.15, 0.2) is 5.78 Å². The first-order valence-corrected chi connectivity index (χ1v) is 7.74. The lowest BCUT2D eigenvalue weighted by Gasteiger charge is -2.06. The minimum absolute atomic E-state index is 0.0711. The smallest absolute Gasteiger partial charge is 0.196 e. The van der Waals surface area contributed by atoms with Crippen molar-refractivity contribution in [1.29, 1.82) is 0 Å². The van der Waals surface area contributed by atoms with E-state index < -0.39 is 0 Å². The average Bonchev–Trinajstić information content (AvgIpc) is 2.65. The first-order valence-electron chi connectivity index (χ1n) is 7.74. The van der Waals surface area contributed by atoms with Crippen molar-refractivity contribution in [1.82, 2.24) is 0 Å². The van der Waals surface area contributed by atoms with Gasteiger partial charge in [0.2, 0.25) is 0 Å². The molecule has 4 heteroatoms. The van der Waals surface area contributed by atoms with Crippen molar-refractivity contribution in [3.05, 3.63) is 89.5 Å². The Balaban J connectivity index is 0.000000236. The first kappa shape index (κ1) is 18.1. The van der Waals surface area contributed by atoms with Crippen LogP contribution in [-0.4, -0.2) is 23.1 Å². The Morgan fingerprint density at radius 3 is 2.00 bits per heavy atom. The minimum atomic E-state index is -0.203. The van der Waals surface area contributed by atoms with E-state index in [1.165, 1.54) is 13.2 Å². The van der Waals surface area contributed by atoms with E-state index in [1.54, 1.807) is 42.5 Å². The standard InChI is InChI=1S/C14H12O3.C7H8O/c1-17-11-7-8-12(13(15)9-11)14(16)10-5-3-2-4-6-10;1-6-4-2-3-5-7(6)8/h2-9,15H,1H3;2-5,8H,1H3. The Morgan fingerprint density at radius 1 is 0.840 bits per heavy atom. The number of carbonyl (C=O) groups excluding carboxylic acids is 1. The predicted octanol–water partition coefficient (Wildman–Crippen LogP) is 4.33. The summed E-state index contributed by atoms with van der Waals surface area (Å²) >= 11 is 0. The molecule has 0 aliphatic heterocycles. The molecule has 3 aromatic carbocycles. The molecule has 128 valence electrons. The molecule has 0 radical (unpaired) electrons. The van der Waals surface area contributed by atoms with E-state index in [0.717, 1.165) is 5.56 Å². The number of methoxy groups -OCH3 is 1. The molecular weight excluding hydrogens is 316 g/mol. The Bertz CT molecular complexity index is 821. The quantitative estimate of drug-likeness (QED) is 0.699. The van der Waals surface area contributed by atoms with Gasteiger partial charge in [-0.1, -0.05) is 48.5 Å². The van der Waals surface area contributed by atoms with Crippen molar-refractivity contribution in [3.8, 4) is 17.2 Å². The van der Waals surface area contributed by atoms with Gasteiger partial charge in [0.1, 0.15) is 17.2 Å². The second-order valence-electron chi connectivity index (χ2n) is 5.36. The lowest BCUT2D eigenvalue weighted by Crippen LogP contribution is -2.01. The fourth-order valence-corrected chi connectivity index (χ4v) is 2.14. The molecule has 4 nitrogen and oxygen atoms in total. The second kappa shape index (κ2) is 8.55. The zero-order valence-electron chi connectivity index (χ0n) is 14.1. The summed E-state index contributed by atoms with van der Waals surface area (Å²) in [4.78, 5) is 12.1. The summed E-state index contributed by atoms with van der Waals surface area (Å²) in [5, 5.41) is 18.7. The molecule has 0 saturated heterocycles. The number of phenolic OH excluding ortho intramolecular Hbond substituents is 2. The van der Waals surface area contributed by atoms with Crippen LogP contribution in [0.15, 0.2) is 72.8 Å². The summed E-state index contributed by atoms with van der Waals surface area (Å²) < 4.78 is 4.96. The van der Waals surface area contributed by atoms with Crippen LogP contribution in [0.2, 0.25) is 0 Å². The van der Waals surface area contributed by atoms with Gasteiger partial charge < -0.3 is 14.9 Å². The molecule has 0 heterocycles. The summed E-state index contributed by atoms with van der Waals surface area (Å²) in [6, 6.07) is 20.7. The molecule has 0 aliphatic rings. The number of hydrogen-bond acceptors (Lipinski definition) is 4. The maximum absolute atomic E-state index is 12.1. The number of para-hydroxylation sites is 1. The molecule has 0 aromatic heterocycles. The van der Waals surface area contributed by atoms with Crippen LogP contribution in [0.25, 0.3) is 0 Å². The lowest BCUT2D eigenvalue weighted by molar-refractivity contribution is 0.103. The summed E-state index contributed by atoms with van der Waals surface area (Å²) in [6.45, 7) is 1.87. The highest BCUT2D eigenvalue weighted by Crippen LogP contribution is 2.25. The molecule has 0 saturated carbocycles. The van der Waals surface area contributed by atoms with Gasteiger partial charge in [0.05, 0.1) is 12.7 Å². The normalized spacial score (nSPS) is 9.68. The Hall–Kier alpha value is -3.27. The number of ether oxygens (including phenoxy) is 1. The Kier molecular flexibility index (Phi) is 6.18.